The number of hydrogen-bond acceptors (Lipinski definition) is 15. The molecule has 3 N–H and O–H groups in total. The quantitative estimate of drug-likeness (QED) is 0.0813. The maximum absolute atomic E-state index is 13.8. The van der Waals surface area contributed by atoms with Gasteiger partial charge in [0.2, 0.25) is 0 Å². The van der Waals surface area contributed by atoms with E-state index in [2.05, 4.69) is 25.6 Å². The van der Waals surface area contributed by atoms with E-state index in [0.29, 0.717) is 36.5 Å². The Kier molecular flexibility index (Phi) is 16.4. The van der Waals surface area contributed by atoms with E-state index in [9.17, 15) is 24.3 Å². The lowest BCUT2D eigenvalue weighted by Crippen LogP contribution is -2.47. The van der Waals surface area contributed by atoms with Crippen molar-refractivity contribution >= 4 is 41.2 Å². The highest BCUT2D eigenvalue weighted by Gasteiger charge is 2.56. The van der Waals surface area contributed by atoms with Crippen molar-refractivity contribution in [3.05, 3.63) is 78.4 Å². The van der Waals surface area contributed by atoms with Crippen molar-refractivity contribution in [2.75, 3.05) is 31.5 Å². The second-order valence-corrected chi connectivity index (χ2v) is 20.6. The summed E-state index contributed by atoms with van der Waals surface area (Å²) in [4.78, 5) is 68.8. The number of carbonyl (C=O) groups excluding carboxylic acids is 3. The maximum Gasteiger partial charge on any atom is 0.413 e. The van der Waals surface area contributed by atoms with Crippen LogP contribution in [0.25, 0.3) is 11.2 Å². The second-order valence-electron chi connectivity index (χ2n) is 20.6. The van der Waals surface area contributed by atoms with E-state index in [1.54, 1.807) is 51.0 Å². The molecule has 4 aromatic rings. The summed E-state index contributed by atoms with van der Waals surface area (Å²) < 4.78 is 44.2. The smallest absolute Gasteiger partial charge is 0.413 e. The standard InChI is InChI=1S/C49H68N8O12/c1-46(2,3)67-43(60)53-34(42(58)59)21-24-55(22-16-23-56(45(62)69-48(7,8)9)26-32-19-15-20-33(25-32)63-28-31-17-13-12-14-18-31)27-35-37-38(66-49(10,11)65-37)41(64-35)57-30-52-36-39(50-29-51-40(36)57)54-44(61)68-47(4,5)6/h12-15,17-20,25,29-30,34-35,37-38,41H,16,21-24,26-28H2,1-11H3,(H,53,60)(H,58,59)(H,50,51,54,61)/t34?,35-,37-,38-,41-/m1/s1. The van der Waals surface area contributed by atoms with Crippen LogP contribution in [0.15, 0.2) is 67.3 Å². The topological polar surface area (TPSA) is 227 Å². The Balaban J connectivity index is 1.23. The number of amides is 3. The Hall–Kier alpha value is -6.09. The Morgan fingerprint density at radius 3 is 2.16 bits per heavy atom. The van der Waals surface area contributed by atoms with Gasteiger partial charge >= 0.3 is 24.2 Å². The Bertz CT molecular complexity index is 2390. The fourth-order valence-corrected chi connectivity index (χ4v) is 7.87. The van der Waals surface area contributed by atoms with E-state index >= 15 is 0 Å². The first-order valence-electron chi connectivity index (χ1n) is 23.2. The lowest BCUT2D eigenvalue weighted by molar-refractivity contribution is -0.198. The number of fused-ring (bicyclic) bond motifs is 2. The predicted molar refractivity (Wildman–Crippen MR) is 253 cm³/mol. The minimum atomic E-state index is -1.28. The van der Waals surface area contributed by atoms with Gasteiger partial charge in [-0.25, -0.2) is 34.1 Å². The minimum Gasteiger partial charge on any atom is -0.489 e. The first kappa shape index (κ1) is 52.3. The molecule has 4 heterocycles. The van der Waals surface area contributed by atoms with E-state index in [1.165, 1.54) is 12.7 Å². The zero-order valence-electron chi connectivity index (χ0n) is 41.5. The van der Waals surface area contributed by atoms with E-state index in [-0.39, 0.29) is 38.4 Å². The average molecular weight is 961 g/mol. The molecule has 0 spiro atoms. The van der Waals surface area contributed by atoms with Crippen molar-refractivity contribution in [1.29, 1.82) is 0 Å². The molecule has 0 aliphatic carbocycles. The number of carboxylic acids is 1. The number of rotatable bonds is 18. The largest absolute Gasteiger partial charge is 0.489 e. The number of aliphatic carboxylic acids is 1. The highest BCUT2D eigenvalue weighted by atomic mass is 16.8. The molecule has 2 aliphatic heterocycles. The highest BCUT2D eigenvalue weighted by molar-refractivity contribution is 5.93. The van der Waals surface area contributed by atoms with Gasteiger partial charge in [-0.3, -0.25) is 9.88 Å². The van der Waals surface area contributed by atoms with Crippen molar-refractivity contribution in [2.24, 2.45) is 0 Å². The van der Waals surface area contributed by atoms with Gasteiger partial charge in [-0.05, 0) is 119 Å². The molecule has 2 aliphatic rings. The molecule has 376 valence electrons. The molecule has 6 rings (SSSR count). The number of anilines is 1. The summed E-state index contributed by atoms with van der Waals surface area (Å²) in [6.07, 6.45) is -1.46. The number of carbonyl (C=O) groups is 4. The van der Waals surface area contributed by atoms with Crippen molar-refractivity contribution < 1.29 is 57.4 Å². The maximum atomic E-state index is 13.8. The third kappa shape index (κ3) is 15.5. The fourth-order valence-electron chi connectivity index (χ4n) is 7.87. The molecular weight excluding hydrogens is 893 g/mol. The van der Waals surface area contributed by atoms with Crippen LogP contribution in [-0.4, -0.2) is 132 Å². The van der Waals surface area contributed by atoms with Gasteiger partial charge < -0.3 is 53.4 Å². The molecule has 5 atom stereocenters. The zero-order chi connectivity index (χ0) is 50.3. The number of ether oxygens (including phenoxy) is 7. The van der Waals surface area contributed by atoms with Crippen molar-refractivity contribution in [3.8, 4) is 5.75 Å². The van der Waals surface area contributed by atoms with E-state index in [1.807, 2.05) is 94.1 Å². The van der Waals surface area contributed by atoms with Crippen LogP contribution in [-0.2, 0) is 46.4 Å². The normalized spacial score (nSPS) is 19.4. The monoisotopic (exact) mass is 960 g/mol. The van der Waals surface area contributed by atoms with Crippen LogP contribution in [0.5, 0.6) is 5.75 Å². The summed E-state index contributed by atoms with van der Waals surface area (Å²) >= 11 is 0. The van der Waals surface area contributed by atoms with Crippen molar-refractivity contribution in [1.82, 2.24) is 34.6 Å². The number of carboxylic acid groups (broad SMARTS) is 1. The summed E-state index contributed by atoms with van der Waals surface area (Å²) in [5.74, 6) is -1.43. The van der Waals surface area contributed by atoms with Crippen LogP contribution >= 0.6 is 0 Å². The van der Waals surface area contributed by atoms with Gasteiger partial charge in [-0.1, -0.05) is 42.5 Å². The van der Waals surface area contributed by atoms with E-state index in [4.69, 9.17) is 33.2 Å². The molecule has 3 amide bonds. The summed E-state index contributed by atoms with van der Waals surface area (Å²) in [6.45, 7) is 21.1. The van der Waals surface area contributed by atoms with Crippen LogP contribution in [0.4, 0.5) is 20.2 Å². The first-order valence-corrected chi connectivity index (χ1v) is 23.2. The average Bonchev–Trinajstić information content (AvgIpc) is 3.90. The van der Waals surface area contributed by atoms with Gasteiger partial charge in [0.25, 0.3) is 0 Å². The summed E-state index contributed by atoms with van der Waals surface area (Å²) in [7, 11) is 0. The molecule has 2 fully saturated rings. The number of nitrogens with one attached hydrogen (secondary N) is 2. The number of alkyl carbamates (subject to hydrolysis) is 1. The zero-order valence-corrected chi connectivity index (χ0v) is 41.5. The highest BCUT2D eigenvalue weighted by Crippen LogP contribution is 2.44. The van der Waals surface area contributed by atoms with Crippen LogP contribution in [0.2, 0.25) is 0 Å². The number of benzene rings is 2. The summed E-state index contributed by atoms with van der Waals surface area (Å²) in [5.41, 5.74) is 0.163. The van der Waals surface area contributed by atoms with Crippen LogP contribution in [0, 0.1) is 0 Å². The lowest BCUT2D eigenvalue weighted by atomic mass is 10.1. The second kappa shape index (κ2) is 21.7. The van der Waals surface area contributed by atoms with Gasteiger partial charge in [0, 0.05) is 26.2 Å². The molecule has 2 saturated heterocycles. The Morgan fingerprint density at radius 1 is 0.812 bits per heavy atom. The van der Waals surface area contributed by atoms with Crippen LogP contribution in [0.1, 0.15) is 106 Å². The Labute approximate surface area is 403 Å². The van der Waals surface area contributed by atoms with Crippen molar-refractivity contribution in [2.45, 2.75) is 155 Å². The molecule has 0 saturated carbocycles. The number of imidazole rings is 1. The molecule has 2 aromatic heterocycles. The summed E-state index contributed by atoms with van der Waals surface area (Å²) in [6, 6.07) is 16.1. The minimum absolute atomic E-state index is 0.00370. The van der Waals surface area contributed by atoms with E-state index < -0.39 is 77.4 Å². The van der Waals surface area contributed by atoms with Crippen LogP contribution in [0.3, 0.4) is 0 Å². The molecular formula is C49H68N8O12. The lowest BCUT2D eigenvalue weighted by Gasteiger charge is -2.31. The molecule has 20 nitrogen and oxygen atoms in total. The van der Waals surface area contributed by atoms with Gasteiger partial charge in [0.1, 0.15) is 59.8 Å². The van der Waals surface area contributed by atoms with Gasteiger partial charge in [-0.15, -0.1) is 0 Å². The third-order valence-electron chi connectivity index (χ3n) is 10.6. The first-order chi connectivity index (χ1) is 32.3. The van der Waals surface area contributed by atoms with E-state index in [0.717, 1.165) is 11.1 Å². The molecule has 0 bridgehead atoms. The molecule has 2 aromatic carbocycles. The van der Waals surface area contributed by atoms with Gasteiger partial charge in [0.15, 0.2) is 29.0 Å². The number of aromatic nitrogens is 4. The van der Waals surface area contributed by atoms with Crippen LogP contribution < -0.4 is 15.4 Å². The molecule has 69 heavy (non-hydrogen) atoms. The van der Waals surface area contributed by atoms with Crippen molar-refractivity contribution in [3.63, 3.8) is 0 Å². The predicted octanol–water partition coefficient (Wildman–Crippen LogP) is 7.67. The van der Waals surface area contributed by atoms with Gasteiger partial charge in [-0.2, -0.15) is 0 Å². The van der Waals surface area contributed by atoms with Gasteiger partial charge in [0.05, 0.1) is 6.33 Å². The molecule has 20 heteroatoms. The summed E-state index contributed by atoms with van der Waals surface area (Å²) in [5, 5.41) is 15.4. The molecule has 0 radical (unpaired) electrons. The SMILES string of the molecule is CC(C)(C)OC(=O)Nc1ncnc2c1ncn2[C@@H]1O[C@H](CN(CCCN(Cc2cccc(OCc3ccccc3)c2)C(=O)OC(C)(C)C)CCC(NC(=O)OC(C)(C)C)C(=O)O)[C@H]2OC(C)(C)O[C@H]21. The Morgan fingerprint density at radius 2 is 1.48 bits per heavy atom. The molecule has 1 unspecified atom stereocenters. The number of hydrogen-bond donors (Lipinski definition) is 3. The third-order valence-corrected chi connectivity index (χ3v) is 10.6. The number of nitrogens with zero attached hydrogens (tertiary/aromatic N) is 6. The fraction of sp³-hybridized carbons (Fsp3) is 0.571.